The van der Waals surface area contributed by atoms with Gasteiger partial charge < -0.3 is 15.1 Å². The van der Waals surface area contributed by atoms with Crippen LogP contribution in [0.2, 0.25) is 5.02 Å². The molecule has 0 bridgehead atoms. The maximum absolute atomic E-state index is 13.4. The number of amides is 1. The van der Waals surface area contributed by atoms with Crippen LogP contribution in [0.5, 0.6) is 0 Å². The van der Waals surface area contributed by atoms with Crippen molar-refractivity contribution in [3.05, 3.63) is 130 Å². The first-order valence-corrected chi connectivity index (χ1v) is 13.6. The molecule has 0 saturated heterocycles. The van der Waals surface area contributed by atoms with Gasteiger partial charge in [0.1, 0.15) is 23.7 Å². The summed E-state index contributed by atoms with van der Waals surface area (Å²) in [7, 11) is 0. The third-order valence-electron chi connectivity index (χ3n) is 6.91. The van der Waals surface area contributed by atoms with Gasteiger partial charge in [-0.25, -0.2) is 4.98 Å². The van der Waals surface area contributed by atoms with Gasteiger partial charge in [0.05, 0.1) is 34.8 Å². The van der Waals surface area contributed by atoms with E-state index in [9.17, 15) is 4.79 Å². The molecule has 8 nitrogen and oxygen atoms in total. The molecule has 0 saturated carbocycles. The van der Waals surface area contributed by atoms with Crippen molar-refractivity contribution in [1.29, 1.82) is 5.26 Å². The van der Waals surface area contributed by atoms with Crippen LogP contribution in [0.25, 0.3) is 11.3 Å². The van der Waals surface area contributed by atoms with Crippen molar-refractivity contribution in [3.8, 4) is 17.4 Å². The molecule has 9 heteroatoms. The van der Waals surface area contributed by atoms with Gasteiger partial charge in [-0.1, -0.05) is 53.6 Å². The Morgan fingerprint density at radius 3 is 2.56 bits per heavy atom. The van der Waals surface area contributed by atoms with Gasteiger partial charge in [-0.05, 0) is 73.9 Å². The fraction of sp³-hybridized carbons (Fsp3) is 0.188. The number of carbonyl (C=O) groups excluding carboxylic acids is 1. The van der Waals surface area contributed by atoms with Crippen LogP contribution in [0.3, 0.4) is 0 Å². The van der Waals surface area contributed by atoms with Crippen LogP contribution in [-0.2, 0) is 13.0 Å². The summed E-state index contributed by atoms with van der Waals surface area (Å²) < 4.78 is 6.10. The van der Waals surface area contributed by atoms with Gasteiger partial charge in [0.2, 0.25) is 0 Å². The molecule has 5 aromatic rings. The molecule has 5 rings (SSSR count). The van der Waals surface area contributed by atoms with E-state index < -0.39 is 6.04 Å². The van der Waals surface area contributed by atoms with Crippen molar-refractivity contribution in [2.75, 3.05) is 0 Å². The number of aromatic nitrogens is 3. The number of furan rings is 1. The number of H-pyrrole nitrogens is 1. The normalized spacial score (nSPS) is 12.4. The molecule has 2 atom stereocenters. The minimum Gasteiger partial charge on any atom is -0.460 e. The fourth-order valence-electron chi connectivity index (χ4n) is 4.49. The van der Waals surface area contributed by atoms with Gasteiger partial charge in [-0.3, -0.25) is 9.89 Å². The second kappa shape index (κ2) is 12.6. The Hall–Kier alpha value is -4.71. The number of halogens is 1. The summed E-state index contributed by atoms with van der Waals surface area (Å²) in [4.78, 5) is 17.7. The zero-order valence-corrected chi connectivity index (χ0v) is 23.4. The maximum atomic E-state index is 13.4. The number of hydrogen-bond acceptors (Lipinski definition) is 6. The molecule has 0 aliphatic heterocycles. The third kappa shape index (κ3) is 6.90. The van der Waals surface area contributed by atoms with E-state index in [4.69, 9.17) is 21.3 Å². The lowest BCUT2D eigenvalue weighted by atomic mass is 10.0. The Morgan fingerprint density at radius 2 is 1.85 bits per heavy atom. The average molecular weight is 565 g/mol. The molecule has 41 heavy (non-hydrogen) atoms. The van der Waals surface area contributed by atoms with Crippen molar-refractivity contribution in [3.63, 3.8) is 0 Å². The van der Waals surface area contributed by atoms with Crippen LogP contribution < -0.4 is 10.6 Å². The first-order chi connectivity index (χ1) is 19.9. The Morgan fingerprint density at radius 1 is 1.07 bits per heavy atom. The van der Waals surface area contributed by atoms with Crippen molar-refractivity contribution < 1.29 is 9.21 Å². The molecular formula is C32H29ClN6O2. The molecule has 0 spiro atoms. The summed E-state index contributed by atoms with van der Waals surface area (Å²) in [5.74, 6) is 1.58. The lowest BCUT2D eigenvalue weighted by Gasteiger charge is -2.17. The standard InChI is InChI=1S/C32H29ClN6O2/c1-20-3-9-24(10-4-20)21(2)35-18-26-12-14-30(41-26)25-11-13-28(33)27(16-25)32(40)38-29(31-36-19-37-39-31)15-22-5-7-23(17-34)8-6-22/h3-14,16,19,21,29,35H,15,18H2,1-2H3,(H,38,40)(H,36,37,39)/t21-,29?/m1/s1. The average Bonchev–Trinajstić information content (AvgIpc) is 3.70. The molecule has 0 radical (unpaired) electrons. The summed E-state index contributed by atoms with van der Waals surface area (Å²) in [5.41, 5.74) is 4.98. The van der Waals surface area contributed by atoms with Gasteiger partial charge in [-0.15, -0.1) is 0 Å². The van der Waals surface area contributed by atoms with Crippen LogP contribution in [0.4, 0.5) is 0 Å². The number of aryl methyl sites for hydroxylation is 1. The summed E-state index contributed by atoms with van der Waals surface area (Å²) in [5, 5.41) is 22.7. The van der Waals surface area contributed by atoms with E-state index in [1.807, 2.05) is 30.3 Å². The molecule has 1 unspecified atom stereocenters. The van der Waals surface area contributed by atoms with E-state index in [0.29, 0.717) is 40.7 Å². The predicted octanol–water partition coefficient (Wildman–Crippen LogP) is 6.46. The molecule has 0 aliphatic rings. The highest BCUT2D eigenvalue weighted by Gasteiger charge is 2.21. The summed E-state index contributed by atoms with van der Waals surface area (Å²) >= 11 is 6.47. The number of nitrogens with zero attached hydrogens (tertiary/aromatic N) is 3. The zero-order valence-electron chi connectivity index (χ0n) is 22.7. The molecule has 3 aromatic carbocycles. The first kappa shape index (κ1) is 27.8. The number of benzene rings is 3. The van der Waals surface area contributed by atoms with E-state index in [-0.39, 0.29) is 11.9 Å². The zero-order chi connectivity index (χ0) is 28.8. The topological polar surface area (TPSA) is 120 Å². The highest BCUT2D eigenvalue weighted by Crippen LogP contribution is 2.28. The van der Waals surface area contributed by atoms with Gasteiger partial charge >= 0.3 is 0 Å². The Balaban J connectivity index is 1.29. The number of rotatable bonds is 10. The fourth-order valence-corrected chi connectivity index (χ4v) is 4.70. The van der Waals surface area contributed by atoms with Crippen LogP contribution in [0, 0.1) is 18.3 Å². The first-order valence-electron chi connectivity index (χ1n) is 13.2. The van der Waals surface area contributed by atoms with Crippen LogP contribution >= 0.6 is 11.6 Å². The van der Waals surface area contributed by atoms with Crippen molar-refractivity contribution in [2.45, 2.75) is 38.9 Å². The van der Waals surface area contributed by atoms with E-state index in [0.717, 1.165) is 16.9 Å². The minimum absolute atomic E-state index is 0.163. The lowest BCUT2D eigenvalue weighted by molar-refractivity contribution is 0.0935. The van der Waals surface area contributed by atoms with Gasteiger partial charge in [-0.2, -0.15) is 10.4 Å². The maximum Gasteiger partial charge on any atom is 0.253 e. The summed E-state index contributed by atoms with van der Waals surface area (Å²) in [6, 6.07) is 26.5. The number of nitrogens with one attached hydrogen (secondary N) is 3. The van der Waals surface area contributed by atoms with Crippen LogP contribution in [0.15, 0.2) is 89.6 Å². The number of nitriles is 1. The third-order valence-corrected chi connectivity index (χ3v) is 7.24. The largest absolute Gasteiger partial charge is 0.460 e. The highest BCUT2D eigenvalue weighted by molar-refractivity contribution is 6.34. The van der Waals surface area contributed by atoms with Gasteiger partial charge in [0, 0.05) is 11.6 Å². The molecular weight excluding hydrogens is 536 g/mol. The smallest absolute Gasteiger partial charge is 0.253 e. The Bertz CT molecular complexity index is 1650. The van der Waals surface area contributed by atoms with Crippen LogP contribution in [-0.4, -0.2) is 21.1 Å². The molecule has 1 amide bonds. The van der Waals surface area contributed by atoms with Gasteiger partial charge in [0.15, 0.2) is 0 Å². The minimum atomic E-state index is -0.491. The number of aromatic amines is 1. The molecule has 3 N–H and O–H groups in total. The van der Waals surface area contributed by atoms with Crippen molar-refractivity contribution >= 4 is 17.5 Å². The second-order valence-corrected chi connectivity index (χ2v) is 10.3. The Kier molecular flexibility index (Phi) is 8.59. The summed E-state index contributed by atoms with van der Waals surface area (Å²) in [6.45, 7) is 4.75. The van der Waals surface area contributed by atoms with Gasteiger partial charge in [0.25, 0.3) is 5.91 Å². The monoisotopic (exact) mass is 564 g/mol. The molecule has 2 aromatic heterocycles. The SMILES string of the molecule is Cc1ccc([C@@H](C)NCc2ccc(-c3ccc(Cl)c(C(=O)NC(Cc4ccc(C#N)cc4)c4ncn[nH]4)c3)o2)cc1. The summed E-state index contributed by atoms with van der Waals surface area (Å²) in [6.07, 6.45) is 1.84. The highest BCUT2D eigenvalue weighted by atomic mass is 35.5. The van der Waals surface area contributed by atoms with Crippen LogP contribution in [0.1, 0.15) is 63.2 Å². The quantitative estimate of drug-likeness (QED) is 0.179. The van der Waals surface area contributed by atoms with E-state index in [2.05, 4.69) is 70.0 Å². The molecule has 0 fully saturated rings. The Labute approximate surface area is 243 Å². The van der Waals surface area contributed by atoms with E-state index >= 15 is 0 Å². The van der Waals surface area contributed by atoms with E-state index in [1.165, 1.54) is 17.5 Å². The number of carbonyl (C=O) groups is 1. The lowest BCUT2D eigenvalue weighted by Crippen LogP contribution is -2.31. The number of hydrogen-bond donors (Lipinski definition) is 3. The van der Waals surface area contributed by atoms with Crippen molar-refractivity contribution in [2.24, 2.45) is 0 Å². The second-order valence-electron chi connectivity index (χ2n) is 9.88. The molecule has 0 aliphatic carbocycles. The molecule has 206 valence electrons. The molecule has 2 heterocycles. The van der Waals surface area contributed by atoms with E-state index in [1.54, 1.807) is 24.3 Å². The predicted molar refractivity (Wildman–Crippen MR) is 157 cm³/mol. The van der Waals surface area contributed by atoms with Crippen molar-refractivity contribution in [1.82, 2.24) is 25.8 Å².